The van der Waals surface area contributed by atoms with Crippen molar-refractivity contribution in [1.82, 2.24) is 15.1 Å². The van der Waals surface area contributed by atoms with Crippen LogP contribution < -0.4 is 11.1 Å². The first-order valence-electron chi connectivity index (χ1n) is 9.13. The SMILES string of the molecule is CCN1CCN(Cc2ccc(CN=C(N)NCC(C)C)cc2)CC1. The summed E-state index contributed by atoms with van der Waals surface area (Å²) in [6.07, 6.45) is 0. The third-order valence-electron chi connectivity index (χ3n) is 4.46. The van der Waals surface area contributed by atoms with Crippen molar-refractivity contribution in [2.75, 3.05) is 39.3 Å². The number of guanidine groups is 1. The highest BCUT2D eigenvalue weighted by Gasteiger charge is 2.15. The molecule has 1 fully saturated rings. The molecule has 5 nitrogen and oxygen atoms in total. The highest BCUT2D eigenvalue weighted by molar-refractivity contribution is 5.77. The van der Waals surface area contributed by atoms with Crippen molar-refractivity contribution in [3.8, 4) is 0 Å². The first-order chi connectivity index (χ1) is 11.6. The second-order valence-electron chi connectivity index (χ2n) is 7.00. The fourth-order valence-corrected chi connectivity index (χ4v) is 2.81. The molecule has 24 heavy (non-hydrogen) atoms. The quantitative estimate of drug-likeness (QED) is 0.592. The maximum atomic E-state index is 5.87. The largest absolute Gasteiger partial charge is 0.370 e. The van der Waals surface area contributed by atoms with Gasteiger partial charge in [0.2, 0.25) is 0 Å². The molecule has 134 valence electrons. The number of hydrogen-bond acceptors (Lipinski definition) is 3. The van der Waals surface area contributed by atoms with E-state index in [0.29, 0.717) is 18.4 Å². The van der Waals surface area contributed by atoms with Gasteiger partial charge < -0.3 is 16.0 Å². The molecule has 0 aromatic heterocycles. The molecule has 2 rings (SSSR count). The molecule has 3 N–H and O–H groups in total. The summed E-state index contributed by atoms with van der Waals surface area (Å²) in [6, 6.07) is 8.76. The van der Waals surface area contributed by atoms with E-state index in [0.717, 1.165) is 32.7 Å². The van der Waals surface area contributed by atoms with Crippen LogP contribution in [0.4, 0.5) is 0 Å². The minimum Gasteiger partial charge on any atom is -0.370 e. The van der Waals surface area contributed by atoms with Crippen LogP contribution in [0.5, 0.6) is 0 Å². The molecular weight excluding hydrogens is 298 g/mol. The van der Waals surface area contributed by atoms with Crippen molar-refractivity contribution in [2.24, 2.45) is 16.6 Å². The maximum Gasteiger partial charge on any atom is 0.188 e. The van der Waals surface area contributed by atoms with E-state index in [-0.39, 0.29) is 0 Å². The van der Waals surface area contributed by atoms with E-state index < -0.39 is 0 Å². The average Bonchev–Trinajstić information content (AvgIpc) is 2.60. The van der Waals surface area contributed by atoms with Gasteiger partial charge in [-0.15, -0.1) is 0 Å². The molecule has 5 heteroatoms. The van der Waals surface area contributed by atoms with Crippen molar-refractivity contribution in [2.45, 2.75) is 33.9 Å². The van der Waals surface area contributed by atoms with Crippen LogP contribution in [0.2, 0.25) is 0 Å². The van der Waals surface area contributed by atoms with Crippen molar-refractivity contribution >= 4 is 5.96 Å². The van der Waals surface area contributed by atoms with Gasteiger partial charge in [0.25, 0.3) is 0 Å². The maximum absolute atomic E-state index is 5.87. The van der Waals surface area contributed by atoms with Crippen molar-refractivity contribution in [3.63, 3.8) is 0 Å². The van der Waals surface area contributed by atoms with Crippen LogP contribution in [0.25, 0.3) is 0 Å². The lowest BCUT2D eigenvalue weighted by atomic mass is 10.1. The zero-order valence-corrected chi connectivity index (χ0v) is 15.5. The van der Waals surface area contributed by atoms with Crippen LogP contribution in [0.15, 0.2) is 29.3 Å². The molecule has 0 saturated carbocycles. The Morgan fingerprint density at radius 3 is 2.25 bits per heavy atom. The van der Waals surface area contributed by atoms with Crippen LogP contribution in [0.1, 0.15) is 31.9 Å². The molecule has 0 spiro atoms. The van der Waals surface area contributed by atoms with Gasteiger partial charge >= 0.3 is 0 Å². The predicted octanol–water partition coefficient (Wildman–Crippen LogP) is 1.88. The number of nitrogens with zero attached hydrogens (tertiary/aromatic N) is 3. The lowest BCUT2D eigenvalue weighted by molar-refractivity contribution is 0.132. The summed E-state index contributed by atoms with van der Waals surface area (Å²) >= 11 is 0. The minimum atomic E-state index is 0.529. The molecule has 1 heterocycles. The standard InChI is InChI=1S/C19H33N5/c1-4-23-9-11-24(12-10-23)15-18-7-5-17(6-8-18)14-22-19(20)21-13-16(2)3/h5-8,16H,4,9-15H2,1-3H3,(H3,20,21,22). The average molecular weight is 332 g/mol. The molecule has 0 unspecified atom stereocenters. The van der Waals surface area contributed by atoms with Gasteiger partial charge in [-0.05, 0) is 23.6 Å². The van der Waals surface area contributed by atoms with Crippen LogP contribution in [0, 0.1) is 5.92 Å². The van der Waals surface area contributed by atoms with E-state index in [4.69, 9.17) is 5.73 Å². The minimum absolute atomic E-state index is 0.529. The van der Waals surface area contributed by atoms with E-state index in [2.05, 4.69) is 65.1 Å². The number of likely N-dealkylation sites (N-methyl/N-ethyl adjacent to an activating group) is 1. The molecule has 0 atom stereocenters. The summed E-state index contributed by atoms with van der Waals surface area (Å²) in [5, 5.41) is 3.14. The number of nitrogens with two attached hydrogens (primary N) is 1. The second-order valence-corrected chi connectivity index (χ2v) is 7.00. The Bertz CT molecular complexity index is 501. The van der Waals surface area contributed by atoms with Gasteiger partial charge in [0.05, 0.1) is 6.54 Å². The molecule has 1 aromatic rings. The number of rotatable bonds is 7. The Morgan fingerprint density at radius 2 is 1.67 bits per heavy atom. The Balaban J connectivity index is 1.77. The Morgan fingerprint density at radius 1 is 1.08 bits per heavy atom. The zero-order chi connectivity index (χ0) is 17.4. The van der Waals surface area contributed by atoms with E-state index in [9.17, 15) is 0 Å². The predicted molar refractivity (Wildman–Crippen MR) is 102 cm³/mol. The summed E-state index contributed by atoms with van der Waals surface area (Å²) in [5.74, 6) is 1.10. The second kappa shape index (κ2) is 9.64. The molecule has 1 saturated heterocycles. The normalized spacial score (nSPS) is 17.4. The van der Waals surface area contributed by atoms with E-state index in [1.165, 1.54) is 24.2 Å². The van der Waals surface area contributed by atoms with Crippen molar-refractivity contribution in [1.29, 1.82) is 0 Å². The van der Waals surface area contributed by atoms with Gasteiger partial charge in [-0.1, -0.05) is 45.0 Å². The van der Waals surface area contributed by atoms with Gasteiger partial charge in [0.15, 0.2) is 5.96 Å². The summed E-state index contributed by atoms with van der Waals surface area (Å²) in [5.41, 5.74) is 8.45. The summed E-state index contributed by atoms with van der Waals surface area (Å²) in [6.45, 7) is 14.9. The number of benzene rings is 1. The molecule has 1 aromatic carbocycles. The molecule has 0 amide bonds. The van der Waals surface area contributed by atoms with Crippen LogP contribution in [-0.4, -0.2) is 55.0 Å². The lowest BCUT2D eigenvalue weighted by Gasteiger charge is -2.34. The number of hydrogen-bond donors (Lipinski definition) is 2. The molecular formula is C19H33N5. The Kier molecular flexibility index (Phi) is 7.53. The number of piperazine rings is 1. The fraction of sp³-hybridized carbons (Fsp3) is 0.632. The van der Waals surface area contributed by atoms with E-state index in [1.54, 1.807) is 0 Å². The third kappa shape index (κ3) is 6.49. The Hall–Kier alpha value is -1.59. The van der Waals surface area contributed by atoms with Crippen molar-refractivity contribution < 1.29 is 0 Å². The van der Waals surface area contributed by atoms with Crippen molar-refractivity contribution in [3.05, 3.63) is 35.4 Å². The third-order valence-corrected chi connectivity index (χ3v) is 4.46. The number of aliphatic imine (C=N–C) groups is 1. The highest BCUT2D eigenvalue weighted by Crippen LogP contribution is 2.10. The molecule has 0 bridgehead atoms. The summed E-state index contributed by atoms with van der Waals surface area (Å²) in [4.78, 5) is 9.44. The topological polar surface area (TPSA) is 56.9 Å². The lowest BCUT2D eigenvalue weighted by Crippen LogP contribution is -2.45. The van der Waals surface area contributed by atoms with E-state index in [1.807, 2.05) is 0 Å². The summed E-state index contributed by atoms with van der Waals surface area (Å²) in [7, 11) is 0. The zero-order valence-electron chi connectivity index (χ0n) is 15.5. The van der Waals surface area contributed by atoms with Crippen LogP contribution in [-0.2, 0) is 13.1 Å². The number of nitrogens with one attached hydrogen (secondary N) is 1. The molecule has 0 aliphatic carbocycles. The Labute approximate surface area is 146 Å². The molecule has 1 aliphatic rings. The highest BCUT2D eigenvalue weighted by atomic mass is 15.3. The molecule has 1 aliphatic heterocycles. The molecule has 0 radical (unpaired) electrons. The summed E-state index contributed by atoms with van der Waals surface area (Å²) < 4.78 is 0. The van der Waals surface area contributed by atoms with Gasteiger partial charge in [0.1, 0.15) is 0 Å². The van der Waals surface area contributed by atoms with Gasteiger partial charge in [-0.2, -0.15) is 0 Å². The van der Waals surface area contributed by atoms with Gasteiger partial charge in [-0.3, -0.25) is 4.90 Å². The van der Waals surface area contributed by atoms with Gasteiger partial charge in [0, 0.05) is 39.3 Å². The first-order valence-corrected chi connectivity index (χ1v) is 9.13. The monoisotopic (exact) mass is 331 g/mol. The van der Waals surface area contributed by atoms with Crippen LogP contribution >= 0.6 is 0 Å². The fourth-order valence-electron chi connectivity index (χ4n) is 2.81. The smallest absolute Gasteiger partial charge is 0.188 e. The first kappa shape index (κ1) is 18.7. The van der Waals surface area contributed by atoms with Crippen LogP contribution in [0.3, 0.4) is 0 Å². The van der Waals surface area contributed by atoms with Gasteiger partial charge in [-0.25, -0.2) is 4.99 Å². The van der Waals surface area contributed by atoms with E-state index >= 15 is 0 Å².